The van der Waals surface area contributed by atoms with E-state index < -0.39 is 0 Å². The van der Waals surface area contributed by atoms with Crippen molar-refractivity contribution >= 4 is 22.9 Å². The standard InChI is InChI=1S/C18H14N2OS/c1-11-2-4-12(5-3-11)18-20-16(10-22-18)13-6-7-15-14(8-13)9-17(21)19-15/h2-8,10H,9H2,1H3,(H,19,21). The Balaban J connectivity index is 1.68. The lowest BCUT2D eigenvalue weighted by Crippen LogP contribution is -2.03. The minimum atomic E-state index is 0.0609. The van der Waals surface area contributed by atoms with E-state index in [0.717, 1.165) is 33.1 Å². The molecule has 2 aromatic carbocycles. The van der Waals surface area contributed by atoms with Crippen LogP contribution in [0.1, 0.15) is 11.1 Å². The number of fused-ring (bicyclic) bond motifs is 1. The molecule has 3 nitrogen and oxygen atoms in total. The van der Waals surface area contributed by atoms with E-state index in [0.29, 0.717) is 6.42 Å². The summed E-state index contributed by atoms with van der Waals surface area (Å²) in [6.45, 7) is 2.08. The Kier molecular flexibility index (Phi) is 3.05. The van der Waals surface area contributed by atoms with Gasteiger partial charge in [0.25, 0.3) is 0 Å². The molecule has 0 spiro atoms. The second-order valence-corrected chi connectivity index (χ2v) is 6.36. The van der Waals surface area contributed by atoms with Crippen molar-refractivity contribution in [1.82, 2.24) is 4.98 Å². The predicted molar refractivity (Wildman–Crippen MR) is 90.1 cm³/mol. The monoisotopic (exact) mass is 306 g/mol. The summed E-state index contributed by atoms with van der Waals surface area (Å²) in [5, 5.41) is 5.94. The lowest BCUT2D eigenvalue weighted by Gasteiger charge is -2.01. The van der Waals surface area contributed by atoms with Gasteiger partial charge in [-0.3, -0.25) is 4.79 Å². The fraction of sp³-hybridized carbons (Fsp3) is 0.111. The number of rotatable bonds is 2. The number of aryl methyl sites for hydroxylation is 1. The van der Waals surface area contributed by atoms with E-state index in [1.807, 2.05) is 12.1 Å². The third-order valence-electron chi connectivity index (χ3n) is 3.83. The van der Waals surface area contributed by atoms with E-state index in [-0.39, 0.29) is 5.91 Å². The Hall–Kier alpha value is -2.46. The van der Waals surface area contributed by atoms with Crippen LogP contribution in [-0.4, -0.2) is 10.9 Å². The molecular weight excluding hydrogens is 292 g/mol. The van der Waals surface area contributed by atoms with Gasteiger partial charge in [-0.25, -0.2) is 4.98 Å². The lowest BCUT2D eigenvalue weighted by atomic mass is 10.1. The molecule has 0 atom stereocenters. The third kappa shape index (κ3) is 2.31. The van der Waals surface area contributed by atoms with E-state index in [9.17, 15) is 4.79 Å². The molecule has 4 heteroatoms. The van der Waals surface area contributed by atoms with Crippen molar-refractivity contribution < 1.29 is 4.79 Å². The van der Waals surface area contributed by atoms with Crippen LogP contribution in [0.5, 0.6) is 0 Å². The summed E-state index contributed by atoms with van der Waals surface area (Å²) in [6, 6.07) is 14.4. The van der Waals surface area contributed by atoms with Gasteiger partial charge in [-0.1, -0.05) is 35.9 Å². The molecule has 0 aliphatic carbocycles. The molecule has 1 aromatic heterocycles. The number of thiazole rings is 1. The number of nitrogens with one attached hydrogen (secondary N) is 1. The van der Waals surface area contributed by atoms with Gasteiger partial charge in [0.1, 0.15) is 5.01 Å². The molecule has 0 saturated carbocycles. The van der Waals surface area contributed by atoms with Crippen LogP contribution in [0, 0.1) is 6.92 Å². The van der Waals surface area contributed by atoms with Gasteiger partial charge in [-0.15, -0.1) is 11.3 Å². The fourth-order valence-electron chi connectivity index (χ4n) is 2.62. The van der Waals surface area contributed by atoms with Crippen molar-refractivity contribution in [2.45, 2.75) is 13.3 Å². The number of carbonyl (C=O) groups is 1. The van der Waals surface area contributed by atoms with Gasteiger partial charge in [-0.05, 0) is 24.6 Å². The van der Waals surface area contributed by atoms with E-state index in [1.165, 1.54) is 5.56 Å². The first-order valence-electron chi connectivity index (χ1n) is 7.15. The van der Waals surface area contributed by atoms with Crippen LogP contribution in [0.25, 0.3) is 21.8 Å². The van der Waals surface area contributed by atoms with Gasteiger partial charge in [0, 0.05) is 22.2 Å². The Morgan fingerprint density at radius 2 is 1.86 bits per heavy atom. The maximum atomic E-state index is 11.4. The highest BCUT2D eigenvalue weighted by molar-refractivity contribution is 7.13. The number of anilines is 1. The normalized spacial score (nSPS) is 13.0. The summed E-state index contributed by atoms with van der Waals surface area (Å²) < 4.78 is 0. The first kappa shape index (κ1) is 13.2. The summed E-state index contributed by atoms with van der Waals surface area (Å²) in [5.74, 6) is 0.0609. The van der Waals surface area contributed by atoms with Crippen LogP contribution in [-0.2, 0) is 11.2 Å². The highest BCUT2D eigenvalue weighted by Crippen LogP contribution is 2.32. The van der Waals surface area contributed by atoms with Crippen molar-refractivity contribution in [2.75, 3.05) is 5.32 Å². The Morgan fingerprint density at radius 3 is 2.68 bits per heavy atom. The molecule has 1 amide bonds. The van der Waals surface area contributed by atoms with Gasteiger partial charge in [0.05, 0.1) is 12.1 Å². The van der Waals surface area contributed by atoms with Crippen LogP contribution in [0.4, 0.5) is 5.69 Å². The molecule has 4 rings (SSSR count). The number of hydrogen-bond acceptors (Lipinski definition) is 3. The number of hydrogen-bond donors (Lipinski definition) is 1. The van der Waals surface area contributed by atoms with Crippen molar-refractivity contribution in [3.63, 3.8) is 0 Å². The van der Waals surface area contributed by atoms with Gasteiger partial charge < -0.3 is 5.32 Å². The minimum Gasteiger partial charge on any atom is -0.326 e. The predicted octanol–water partition coefficient (Wildman–Crippen LogP) is 4.28. The van der Waals surface area contributed by atoms with Crippen LogP contribution < -0.4 is 5.32 Å². The Labute approximate surface area is 132 Å². The molecular formula is C18H14N2OS. The molecule has 1 aliphatic heterocycles. The zero-order chi connectivity index (χ0) is 15.1. The third-order valence-corrected chi connectivity index (χ3v) is 4.72. The first-order chi connectivity index (χ1) is 10.7. The molecule has 0 radical (unpaired) electrons. The number of amides is 1. The summed E-state index contributed by atoms with van der Waals surface area (Å²) in [6.07, 6.45) is 0.456. The number of nitrogens with zero attached hydrogens (tertiary/aromatic N) is 1. The quantitative estimate of drug-likeness (QED) is 0.768. The van der Waals surface area contributed by atoms with Gasteiger partial charge in [-0.2, -0.15) is 0 Å². The molecule has 1 N–H and O–H groups in total. The highest BCUT2D eigenvalue weighted by Gasteiger charge is 2.18. The summed E-state index contributed by atoms with van der Waals surface area (Å²) in [5.41, 5.74) is 6.37. The average molecular weight is 306 g/mol. The first-order valence-corrected chi connectivity index (χ1v) is 8.03. The van der Waals surface area contributed by atoms with Crippen LogP contribution in [0.3, 0.4) is 0 Å². The molecule has 3 aromatic rings. The number of carbonyl (C=O) groups excluding carboxylic acids is 1. The maximum Gasteiger partial charge on any atom is 0.228 e. The highest BCUT2D eigenvalue weighted by atomic mass is 32.1. The van der Waals surface area contributed by atoms with E-state index in [1.54, 1.807) is 11.3 Å². The molecule has 0 bridgehead atoms. The summed E-state index contributed by atoms with van der Waals surface area (Å²) in [4.78, 5) is 16.2. The molecule has 22 heavy (non-hydrogen) atoms. The van der Waals surface area contributed by atoms with Crippen molar-refractivity contribution in [3.05, 3.63) is 59.0 Å². The van der Waals surface area contributed by atoms with Crippen molar-refractivity contribution in [1.29, 1.82) is 0 Å². The van der Waals surface area contributed by atoms with Crippen molar-refractivity contribution in [3.8, 4) is 21.8 Å². The summed E-state index contributed by atoms with van der Waals surface area (Å²) in [7, 11) is 0. The molecule has 0 fully saturated rings. The number of benzene rings is 2. The lowest BCUT2D eigenvalue weighted by molar-refractivity contribution is -0.115. The van der Waals surface area contributed by atoms with Crippen LogP contribution in [0.15, 0.2) is 47.8 Å². The van der Waals surface area contributed by atoms with Gasteiger partial charge in [0.2, 0.25) is 5.91 Å². The number of aromatic nitrogens is 1. The second kappa shape index (κ2) is 5.07. The molecule has 0 unspecified atom stereocenters. The van der Waals surface area contributed by atoms with Crippen LogP contribution in [0.2, 0.25) is 0 Å². The second-order valence-electron chi connectivity index (χ2n) is 5.50. The Morgan fingerprint density at radius 1 is 1.09 bits per heavy atom. The van der Waals surface area contributed by atoms with Crippen molar-refractivity contribution in [2.24, 2.45) is 0 Å². The maximum absolute atomic E-state index is 11.4. The molecule has 108 valence electrons. The largest absolute Gasteiger partial charge is 0.326 e. The molecule has 0 saturated heterocycles. The SMILES string of the molecule is Cc1ccc(-c2nc(-c3ccc4c(c3)CC(=O)N4)cs2)cc1. The fourth-order valence-corrected chi connectivity index (χ4v) is 3.46. The smallest absolute Gasteiger partial charge is 0.228 e. The molecule has 2 heterocycles. The zero-order valence-corrected chi connectivity index (χ0v) is 12.9. The zero-order valence-electron chi connectivity index (χ0n) is 12.1. The van der Waals surface area contributed by atoms with Crippen LogP contribution >= 0.6 is 11.3 Å². The van der Waals surface area contributed by atoms with Gasteiger partial charge in [0.15, 0.2) is 0 Å². The minimum absolute atomic E-state index is 0.0609. The Bertz CT molecular complexity index is 865. The van der Waals surface area contributed by atoms with E-state index in [4.69, 9.17) is 4.98 Å². The molecule has 1 aliphatic rings. The van der Waals surface area contributed by atoms with E-state index >= 15 is 0 Å². The van der Waals surface area contributed by atoms with Gasteiger partial charge >= 0.3 is 0 Å². The van der Waals surface area contributed by atoms with E-state index in [2.05, 4.69) is 48.0 Å². The average Bonchev–Trinajstić information content (AvgIpc) is 3.12. The topological polar surface area (TPSA) is 42.0 Å². The summed E-state index contributed by atoms with van der Waals surface area (Å²) >= 11 is 1.64.